The van der Waals surface area contributed by atoms with Crippen molar-refractivity contribution in [1.29, 1.82) is 0 Å². The fourth-order valence-corrected chi connectivity index (χ4v) is 6.42. The zero-order valence-corrected chi connectivity index (χ0v) is 18.6. The van der Waals surface area contributed by atoms with Crippen LogP contribution in [-0.4, -0.2) is 39.1 Å². The summed E-state index contributed by atoms with van der Waals surface area (Å²) in [4.78, 5) is 45.4. The van der Waals surface area contributed by atoms with Gasteiger partial charge in [0.1, 0.15) is 17.1 Å². The van der Waals surface area contributed by atoms with Crippen molar-refractivity contribution >= 4 is 23.1 Å². The van der Waals surface area contributed by atoms with Crippen LogP contribution in [0.25, 0.3) is 0 Å². The summed E-state index contributed by atoms with van der Waals surface area (Å²) in [7, 11) is 0. The van der Waals surface area contributed by atoms with Crippen molar-refractivity contribution in [2.75, 3.05) is 11.9 Å². The van der Waals surface area contributed by atoms with Crippen molar-refractivity contribution in [1.82, 2.24) is 9.88 Å². The molecule has 1 amide bonds. The maximum Gasteiger partial charge on any atom is 0.269 e. The number of ketones is 1. The average molecular weight is 472 g/mol. The molecule has 4 heterocycles. The summed E-state index contributed by atoms with van der Waals surface area (Å²) in [5.41, 5.74) is 0.185. The number of benzene rings is 2. The molecule has 0 saturated carbocycles. The molecule has 9 heteroatoms. The quantitative estimate of drug-likeness (QED) is 0.349. The smallest absolute Gasteiger partial charge is 0.269 e. The Hall–Kier alpha value is -3.98. The minimum Gasteiger partial charge on any atom is -0.324 e. The molecule has 3 aromatic rings. The van der Waals surface area contributed by atoms with Crippen molar-refractivity contribution in [2.24, 2.45) is 5.92 Å². The molecule has 1 aromatic heterocycles. The number of nitro benzene ring substituents is 1. The van der Waals surface area contributed by atoms with Crippen LogP contribution in [-0.2, 0) is 10.3 Å². The number of carbonyl (C=O) groups is 2. The van der Waals surface area contributed by atoms with Gasteiger partial charge in [-0.2, -0.15) is 0 Å². The molecule has 1 spiro atoms. The topological polar surface area (TPSA) is 105 Å². The van der Waals surface area contributed by atoms with E-state index < -0.39 is 28.1 Å². The van der Waals surface area contributed by atoms with E-state index in [-0.39, 0.29) is 29.1 Å². The van der Waals surface area contributed by atoms with E-state index in [0.717, 1.165) is 6.42 Å². The number of carbonyl (C=O) groups excluding carboxylic acids is 2. The first-order valence-electron chi connectivity index (χ1n) is 11.5. The first kappa shape index (κ1) is 21.5. The molecule has 4 atom stereocenters. The van der Waals surface area contributed by atoms with E-state index in [9.17, 15) is 24.1 Å². The second kappa shape index (κ2) is 7.78. The van der Waals surface area contributed by atoms with Crippen LogP contribution in [0.2, 0.25) is 0 Å². The Morgan fingerprint density at radius 1 is 1.17 bits per heavy atom. The molecular weight excluding hydrogens is 451 g/mol. The molecule has 3 aliphatic heterocycles. The van der Waals surface area contributed by atoms with E-state index in [4.69, 9.17) is 0 Å². The Balaban J connectivity index is 1.63. The zero-order chi connectivity index (χ0) is 24.3. The summed E-state index contributed by atoms with van der Waals surface area (Å²) in [5.74, 6) is -2.70. The third-order valence-corrected chi connectivity index (χ3v) is 7.63. The van der Waals surface area contributed by atoms with Crippen molar-refractivity contribution < 1.29 is 18.9 Å². The Labute approximate surface area is 199 Å². The Kier molecular flexibility index (Phi) is 4.79. The fraction of sp³-hybridized carbons (Fsp3) is 0.269. The van der Waals surface area contributed by atoms with Gasteiger partial charge in [-0.3, -0.25) is 29.6 Å². The third kappa shape index (κ3) is 2.97. The van der Waals surface area contributed by atoms with Crippen molar-refractivity contribution in [2.45, 2.75) is 30.3 Å². The molecule has 35 heavy (non-hydrogen) atoms. The van der Waals surface area contributed by atoms with Crippen molar-refractivity contribution in [3.63, 3.8) is 0 Å². The normalized spacial score (nSPS) is 27.0. The molecule has 0 bridgehead atoms. The van der Waals surface area contributed by atoms with E-state index in [1.165, 1.54) is 36.5 Å². The number of anilines is 1. The highest BCUT2D eigenvalue weighted by Crippen LogP contribution is 2.61. The zero-order valence-electron chi connectivity index (χ0n) is 18.6. The molecule has 176 valence electrons. The van der Waals surface area contributed by atoms with E-state index in [1.54, 1.807) is 30.3 Å². The number of pyridine rings is 1. The molecule has 2 aromatic carbocycles. The van der Waals surface area contributed by atoms with Gasteiger partial charge in [0.15, 0.2) is 5.78 Å². The molecule has 2 saturated heterocycles. The molecule has 3 aliphatic rings. The predicted octanol–water partition coefficient (Wildman–Crippen LogP) is 4.04. The lowest BCUT2D eigenvalue weighted by atomic mass is 9.69. The number of nitrogens with one attached hydrogen (secondary N) is 1. The van der Waals surface area contributed by atoms with Gasteiger partial charge in [0.25, 0.3) is 5.69 Å². The summed E-state index contributed by atoms with van der Waals surface area (Å²) < 4.78 is 14.6. The van der Waals surface area contributed by atoms with Gasteiger partial charge in [0.05, 0.1) is 10.8 Å². The van der Waals surface area contributed by atoms with Crippen LogP contribution in [0.3, 0.4) is 0 Å². The average Bonchev–Trinajstić information content (AvgIpc) is 3.52. The number of nitro groups is 1. The summed E-state index contributed by atoms with van der Waals surface area (Å²) in [6.45, 7) is 0.547. The molecule has 8 nitrogen and oxygen atoms in total. The highest BCUT2D eigenvalue weighted by molar-refractivity contribution is 6.12. The van der Waals surface area contributed by atoms with Gasteiger partial charge in [0, 0.05) is 41.5 Å². The van der Waals surface area contributed by atoms with Gasteiger partial charge in [-0.05, 0) is 55.3 Å². The number of Topliss-reactive ketones (excluding diaryl/α,β-unsaturated/α-hetero) is 1. The number of halogens is 1. The number of amides is 1. The standard InChI is InChI=1S/C26H21FN4O4/c27-16-9-10-19-18(14-16)26(25(33)29-19)23(24(32)20-7-1-2-11-28-20)22(21-8-4-12-30(21)26)15-5-3-6-17(13-15)31(34)35/h1-3,5-7,9-11,13-14,21-23H,4,8,12H2,(H,29,33)/t21-,22+,23+,26-/m1/s1. The van der Waals surface area contributed by atoms with E-state index >= 15 is 0 Å². The molecule has 6 rings (SSSR count). The highest BCUT2D eigenvalue weighted by atomic mass is 19.1. The first-order chi connectivity index (χ1) is 16.9. The minimum absolute atomic E-state index is 0.0839. The van der Waals surface area contributed by atoms with Gasteiger partial charge in [-0.15, -0.1) is 0 Å². The Morgan fingerprint density at radius 3 is 2.80 bits per heavy atom. The Bertz CT molecular complexity index is 1380. The second-order valence-electron chi connectivity index (χ2n) is 9.25. The number of non-ortho nitro benzene ring substituents is 1. The number of rotatable bonds is 4. The van der Waals surface area contributed by atoms with Crippen LogP contribution < -0.4 is 5.32 Å². The maximum atomic E-state index is 14.6. The molecule has 0 radical (unpaired) electrons. The SMILES string of the molecule is O=C(c1ccccn1)[C@@H]1[C@@H](c2cccc([N+](=O)[O-])c2)[C@H]2CCCN2[C@@]12C(=O)Nc1ccc(F)cc12. The van der Waals surface area contributed by atoms with Gasteiger partial charge < -0.3 is 5.32 Å². The molecule has 0 aliphatic carbocycles. The molecule has 0 unspecified atom stereocenters. The number of hydrogen-bond donors (Lipinski definition) is 1. The monoisotopic (exact) mass is 472 g/mol. The van der Waals surface area contributed by atoms with E-state index in [2.05, 4.69) is 10.3 Å². The lowest BCUT2D eigenvalue weighted by molar-refractivity contribution is -0.384. The van der Waals surface area contributed by atoms with Crippen LogP contribution >= 0.6 is 0 Å². The largest absolute Gasteiger partial charge is 0.324 e. The maximum absolute atomic E-state index is 14.6. The van der Waals surface area contributed by atoms with Crippen molar-refractivity contribution in [3.05, 3.63) is 99.6 Å². The molecule has 2 fully saturated rings. The first-order valence-corrected chi connectivity index (χ1v) is 11.5. The lowest BCUT2D eigenvalue weighted by Gasteiger charge is -2.36. The van der Waals surface area contributed by atoms with E-state index in [0.29, 0.717) is 29.8 Å². The van der Waals surface area contributed by atoms with Crippen LogP contribution in [0.5, 0.6) is 0 Å². The number of fused-ring (bicyclic) bond motifs is 4. The summed E-state index contributed by atoms with van der Waals surface area (Å²) in [6, 6.07) is 15.2. The molecular formula is C26H21FN4O4. The van der Waals surface area contributed by atoms with Gasteiger partial charge in [-0.25, -0.2) is 4.39 Å². The second-order valence-corrected chi connectivity index (χ2v) is 9.25. The summed E-state index contributed by atoms with van der Waals surface area (Å²) in [5, 5.41) is 14.4. The third-order valence-electron chi connectivity index (χ3n) is 7.63. The van der Waals surface area contributed by atoms with Gasteiger partial charge in [-0.1, -0.05) is 18.2 Å². The van der Waals surface area contributed by atoms with Crippen LogP contribution in [0.4, 0.5) is 15.8 Å². The molecule has 1 N–H and O–H groups in total. The number of aromatic nitrogens is 1. The van der Waals surface area contributed by atoms with Crippen LogP contribution in [0.15, 0.2) is 66.9 Å². The summed E-state index contributed by atoms with van der Waals surface area (Å²) in [6.07, 6.45) is 3.01. The number of nitrogens with zero attached hydrogens (tertiary/aromatic N) is 3. The highest BCUT2D eigenvalue weighted by Gasteiger charge is 2.69. The lowest BCUT2D eigenvalue weighted by Crippen LogP contribution is -2.53. The summed E-state index contributed by atoms with van der Waals surface area (Å²) >= 11 is 0. The van der Waals surface area contributed by atoms with Crippen molar-refractivity contribution in [3.8, 4) is 0 Å². The predicted molar refractivity (Wildman–Crippen MR) is 124 cm³/mol. The number of hydrogen-bond acceptors (Lipinski definition) is 6. The Morgan fingerprint density at radius 2 is 2.03 bits per heavy atom. The van der Waals surface area contributed by atoms with Crippen LogP contribution in [0, 0.1) is 21.8 Å². The van der Waals surface area contributed by atoms with Gasteiger partial charge in [0.2, 0.25) is 5.91 Å². The fourth-order valence-electron chi connectivity index (χ4n) is 6.42. The van der Waals surface area contributed by atoms with Gasteiger partial charge >= 0.3 is 0 Å². The van der Waals surface area contributed by atoms with Crippen LogP contribution in [0.1, 0.15) is 40.4 Å². The minimum atomic E-state index is -1.44. The van der Waals surface area contributed by atoms with E-state index in [1.807, 2.05) is 4.90 Å².